The Bertz CT molecular complexity index is 524. The lowest BCUT2D eigenvalue weighted by Gasteiger charge is -1.98. The van der Waals surface area contributed by atoms with Crippen molar-refractivity contribution in [3.63, 3.8) is 0 Å². The number of nitro groups is 1. The number of aromatic amines is 1. The number of para-hydroxylation sites is 1. The fourth-order valence-corrected chi connectivity index (χ4v) is 1.53. The van der Waals surface area contributed by atoms with Crippen molar-refractivity contribution in [2.45, 2.75) is 5.88 Å². The number of hydrogen-bond donors (Lipinski definition) is 1. The van der Waals surface area contributed by atoms with Gasteiger partial charge in [0.15, 0.2) is 0 Å². The van der Waals surface area contributed by atoms with Crippen molar-refractivity contribution < 1.29 is 4.92 Å². The molecule has 1 heterocycles. The first-order chi connectivity index (χ1) is 7.72. The van der Waals surface area contributed by atoms with Gasteiger partial charge < -0.3 is 4.98 Å². The summed E-state index contributed by atoms with van der Waals surface area (Å²) in [6.07, 6.45) is 1.57. The molecule has 0 aliphatic carbocycles. The van der Waals surface area contributed by atoms with Gasteiger partial charge in [0.1, 0.15) is 5.82 Å². The first-order valence-electron chi connectivity index (χ1n) is 4.56. The highest BCUT2D eigenvalue weighted by atomic mass is 35.5. The zero-order valence-corrected chi connectivity index (χ0v) is 8.94. The Labute approximate surface area is 96.2 Å². The van der Waals surface area contributed by atoms with Gasteiger partial charge in [-0.3, -0.25) is 10.1 Å². The van der Waals surface area contributed by atoms with Gasteiger partial charge in [0.2, 0.25) is 0 Å². The van der Waals surface area contributed by atoms with E-state index in [4.69, 9.17) is 11.6 Å². The van der Waals surface area contributed by atoms with Crippen molar-refractivity contribution in [3.8, 4) is 11.4 Å². The van der Waals surface area contributed by atoms with E-state index in [0.717, 1.165) is 5.69 Å². The van der Waals surface area contributed by atoms with Gasteiger partial charge in [-0.05, 0) is 6.07 Å². The second kappa shape index (κ2) is 4.32. The maximum atomic E-state index is 10.8. The van der Waals surface area contributed by atoms with Crippen molar-refractivity contribution in [2.24, 2.45) is 0 Å². The molecule has 1 aromatic heterocycles. The van der Waals surface area contributed by atoms with Gasteiger partial charge in [0, 0.05) is 18.0 Å². The molecular weight excluding hydrogens is 230 g/mol. The van der Waals surface area contributed by atoms with E-state index in [1.165, 1.54) is 6.07 Å². The van der Waals surface area contributed by atoms with Gasteiger partial charge in [-0.15, -0.1) is 11.6 Å². The molecule has 0 radical (unpaired) electrons. The Kier molecular flexibility index (Phi) is 2.87. The minimum absolute atomic E-state index is 0.0259. The van der Waals surface area contributed by atoms with Crippen molar-refractivity contribution in [2.75, 3.05) is 0 Å². The number of H-pyrrole nitrogens is 1. The third kappa shape index (κ3) is 1.90. The minimum Gasteiger partial charge on any atom is -0.341 e. The topological polar surface area (TPSA) is 71.8 Å². The fourth-order valence-electron chi connectivity index (χ4n) is 1.40. The van der Waals surface area contributed by atoms with E-state index in [9.17, 15) is 10.1 Å². The van der Waals surface area contributed by atoms with Crippen LogP contribution < -0.4 is 0 Å². The third-order valence-electron chi connectivity index (χ3n) is 2.13. The third-order valence-corrected chi connectivity index (χ3v) is 2.42. The van der Waals surface area contributed by atoms with Crippen LogP contribution in [0.5, 0.6) is 0 Å². The number of imidazole rings is 1. The molecule has 6 heteroatoms. The smallest absolute Gasteiger partial charge is 0.280 e. The Morgan fingerprint density at radius 1 is 1.44 bits per heavy atom. The van der Waals surface area contributed by atoms with Gasteiger partial charge >= 0.3 is 0 Å². The molecule has 0 unspecified atom stereocenters. The summed E-state index contributed by atoms with van der Waals surface area (Å²) in [6.45, 7) is 0. The van der Waals surface area contributed by atoms with Crippen molar-refractivity contribution in [3.05, 3.63) is 46.3 Å². The van der Waals surface area contributed by atoms with Crippen LogP contribution in [0, 0.1) is 10.1 Å². The lowest BCUT2D eigenvalue weighted by atomic mass is 10.2. The molecule has 16 heavy (non-hydrogen) atoms. The SMILES string of the molecule is O=[N+]([O-])c1ccccc1-c1ncc(CCl)[nH]1. The normalized spacial score (nSPS) is 10.3. The van der Waals surface area contributed by atoms with Gasteiger partial charge in [-0.2, -0.15) is 0 Å². The van der Waals surface area contributed by atoms with Crippen LogP contribution in [0.25, 0.3) is 11.4 Å². The predicted molar refractivity (Wildman–Crippen MR) is 60.2 cm³/mol. The number of hydrogen-bond acceptors (Lipinski definition) is 3. The highest BCUT2D eigenvalue weighted by Gasteiger charge is 2.16. The second-order valence-corrected chi connectivity index (χ2v) is 3.43. The van der Waals surface area contributed by atoms with E-state index in [0.29, 0.717) is 17.3 Å². The highest BCUT2D eigenvalue weighted by Crippen LogP contribution is 2.27. The van der Waals surface area contributed by atoms with E-state index < -0.39 is 4.92 Å². The van der Waals surface area contributed by atoms with Crippen LogP contribution in [-0.4, -0.2) is 14.9 Å². The summed E-state index contributed by atoms with van der Waals surface area (Å²) in [6, 6.07) is 6.44. The average Bonchev–Trinajstić information content (AvgIpc) is 2.77. The quantitative estimate of drug-likeness (QED) is 0.507. The molecule has 0 aliphatic heterocycles. The van der Waals surface area contributed by atoms with Crippen molar-refractivity contribution in [1.29, 1.82) is 0 Å². The lowest BCUT2D eigenvalue weighted by Crippen LogP contribution is -1.92. The van der Waals surface area contributed by atoms with Gasteiger partial charge in [-0.1, -0.05) is 12.1 Å². The molecule has 0 amide bonds. The number of rotatable bonds is 3. The molecular formula is C10H8ClN3O2. The zero-order chi connectivity index (χ0) is 11.5. The summed E-state index contributed by atoms with van der Waals surface area (Å²) >= 11 is 5.62. The van der Waals surface area contributed by atoms with Crippen molar-refractivity contribution >= 4 is 17.3 Å². The summed E-state index contributed by atoms with van der Waals surface area (Å²) in [5, 5.41) is 10.8. The molecule has 1 aromatic carbocycles. The van der Waals surface area contributed by atoms with Crippen LogP contribution in [0.4, 0.5) is 5.69 Å². The number of benzene rings is 1. The Morgan fingerprint density at radius 2 is 2.19 bits per heavy atom. The van der Waals surface area contributed by atoms with Crippen LogP contribution in [0.3, 0.4) is 0 Å². The highest BCUT2D eigenvalue weighted by molar-refractivity contribution is 6.16. The van der Waals surface area contributed by atoms with Crippen LogP contribution in [0.1, 0.15) is 5.69 Å². The standard InChI is InChI=1S/C10H8ClN3O2/c11-5-7-6-12-10(13-7)8-3-1-2-4-9(8)14(15)16/h1-4,6H,5H2,(H,12,13). The van der Waals surface area contributed by atoms with E-state index in [1.54, 1.807) is 24.4 Å². The predicted octanol–water partition coefficient (Wildman–Crippen LogP) is 2.72. The van der Waals surface area contributed by atoms with Gasteiger partial charge in [0.05, 0.1) is 16.4 Å². The number of nitrogens with one attached hydrogen (secondary N) is 1. The van der Waals surface area contributed by atoms with Crippen LogP contribution in [0.15, 0.2) is 30.5 Å². The fraction of sp³-hybridized carbons (Fsp3) is 0.100. The monoisotopic (exact) mass is 237 g/mol. The van der Waals surface area contributed by atoms with Crippen LogP contribution in [0.2, 0.25) is 0 Å². The molecule has 0 bridgehead atoms. The maximum absolute atomic E-state index is 10.8. The Balaban J connectivity index is 2.50. The minimum atomic E-state index is -0.432. The van der Waals surface area contributed by atoms with E-state index in [-0.39, 0.29) is 5.69 Å². The van der Waals surface area contributed by atoms with E-state index >= 15 is 0 Å². The summed E-state index contributed by atoms with van der Waals surface area (Å²) in [5.74, 6) is 0.760. The largest absolute Gasteiger partial charge is 0.341 e. The molecule has 2 rings (SSSR count). The number of nitro benzene ring substituents is 1. The molecule has 0 spiro atoms. The maximum Gasteiger partial charge on any atom is 0.280 e. The number of alkyl halides is 1. The van der Waals surface area contributed by atoms with Crippen molar-refractivity contribution in [1.82, 2.24) is 9.97 Å². The molecule has 0 aliphatic rings. The lowest BCUT2D eigenvalue weighted by molar-refractivity contribution is -0.384. The molecule has 0 saturated carbocycles. The van der Waals surface area contributed by atoms with Crippen LogP contribution >= 0.6 is 11.6 Å². The summed E-state index contributed by atoms with van der Waals surface area (Å²) in [5.41, 5.74) is 1.22. The molecule has 82 valence electrons. The van der Waals surface area contributed by atoms with Crippen LogP contribution in [-0.2, 0) is 5.88 Å². The average molecular weight is 238 g/mol. The van der Waals surface area contributed by atoms with E-state index in [2.05, 4.69) is 9.97 Å². The molecule has 0 fully saturated rings. The molecule has 0 saturated heterocycles. The number of nitrogens with zero attached hydrogens (tertiary/aromatic N) is 2. The molecule has 0 atom stereocenters. The number of halogens is 1. The Hall–Kier alpha value is -1.88. The van der Waals surface area contributed by atoms with Gasteiger partial charge in [0.25, 0.3) is 5.69 Å². The van der Waals surface area contributed by atoms with Gasteiger partial charge in [-0.25, -0.2) is 4.98 Å². The zero-order valence-electron chi connectivity index (χ0n) is 8.18. The second-order valence-electron chi connectivity index (χ2n) is 3.16. The summed E-state index contributed by atoms with van der Waals surface area (Å²) in [7, 11) is 0. The molecule has 5 nitrogen and oxygen atoms in total. The summed E-state index contributed by atoms with van der Waals surface area (Å²) < 4.78 is 0. The number of aromatic nitrogens is 2. The molecule has 2 aromatic rings. The summed E-state index contributed by atoms with van der Waals surface area (Å²) in [4.78, 5) is 17.4. The van der Waals surface area contributed by atoms with E-state index in [1.807, 2.05) is 0 Å². The Morgan fingerprint density at radius 3 is 2.81 bits per heavy atom. The first-order valence-corrected chi connectivity index (χ1v) is 5.09. The first kappa shape index (κ1) is 10.6. The molecule has 1 N–H and O–H groups in total.